The Morgan fingerprint density at radius 1 is 1.00 bits per heavy atom. The quantitative estimate of drug-likeness (QED) is 0.747. The summed E-state index contributed by atoms with van der Waals surface area (Å²) in [7, 11) is 2.90. The van der Waals surface area contributed by atoms with Gasteiger partial charge in [-0.3, -0.25) is 4.79 Å². The molecule has 0 aliphatic rings. The summed E-state index contributed by atoms with van der Waals surface area (Å²) in [6.07, 6.45) is 0. The normalized spacial score (nSPS) is 10.4. The zero-order chi connectivity index (χ0) is 20.0. The van der Waals surface area contributed by atoms with E-state index in [4.69, 9.17) is 14.2 Å². The number of esters is 1. The highest BCUT2D eigenvalue weighted by molar-refractivity contribution is 5.99. The molecule has 1 N–H and O–H groups in total. The molecule has 6 nitrogen and oxygen atoms in total. The van der Waals surface area contributed by atoms with Crippen LogP contribution in [0.3, 0.4) is 0 Å². The maximum absolute atomic E-state index is 12.4. The van der Waals surface area contributed by atoms with Gasteiger partial charge < -0.3 is 19.5 Å². The number of hydrogen-bond acceptors (Lipinski definition) is 5. The third-order valence-electron chi connectivity index (χ3n) is 4.16. The SMILES string of the molecule is COc1cccc(OC)c1C(=O)OCC(=O)Nc1c(C)cccc1C(C)C. The number of rotatable bonds is 7. The van der Waals surface area contributed by atoms with Crippen LogP contribution in [0.5, 0.6) is 11.5 Å². The van der Waals surface area contributed by atoms with E-state index in [0.717, 1.165) is 16.8 Å². The number of aryl methyl sites for hydroxylation is 1. The molecule has 0 heterocycles. The fourth-order valence-electron chi connectivity index (χ4n) is 2.77. The van der Waals surface area contributed by atoms with Crippen molar-refractivity contribution < 1.29 is 23.8 Å². The molecule has 2 rings (SSSR count). The summed E-state index contributed by atoms with van der Waals surface area (Å²) >= 11 is 0. The zero-order valence-corrected chi connectivity index (χ0v) is 16.3. The largest absolute Gasteiger partial charge is 0.496 e. The molecule has 0 aromatic heterocycles. The predicted octanol–water partition coefficient (Wildman–Crippen LogP) is 3.93. The van der Waals surface area contributed by atoms with E-state index < -0.39 is 18.5 Å². The molecule has 0 radical (unpaired) electrons. The van der Waals surface area contributed by atoms with E-state index in [1.54, 1.807) is 18.2 Å². The third-order valence-corrected chi connectivity index (χ3v) is 4.16. The topological polar surface area (TPSA) is 73.9 Å². The van der Waals surface area contributed by atoms with Crippen LogP contribution < -0.4 is 14.8 Å². The standard InChI is InChI=1S/C21H25NO5/c1-13(2)15-9-6-8-14(3)20(15)22-18(23)12-27-21(24)19-16(25-4)10-7-11-17(19)26-5/h6-11,13H,12H2,1-5H3,(H,22,23). The first kappa shape index (κ1) is 20.3. The second-order valence-corrected chi connectivity index (χ2v) is 6.36. The molecule has 0 fully saturated rings. The molecule has 0 saturated heterocycles. The average Bonchev–Trinajstić information content (AvgIpc) is 2.66. The number of amides is 1. The van der Waals surface area contributed by atoms with Gasteiger partial charge in [-0.15, -0.1) is 0 Å². The fourth-order valence-corrected chi connectivity index (χ4v) is 2.77. The minimum Gasteiger partial charge on any atom is -0.496 e. The van der Waals surface area contributed by atoms with Crippen molar-refractivity contribution in [1.29, 1.82) is 0 Å². The Morgan fingerprint density at radius 2 is 1.59 bits per heavy atom. The first-order valence-electron chi connectivity index (χ1n) is 8.66. The van der Waals surface area contributed by atoms with Gasteiger partial charge in [0.15, 0.2) is 6.61 Å². The van der Waals surface area contributed by atoms with Crippen LogP contribution in [0.2, 0.25) is 0 Å². The van der Waals surface area contributed by atoms with Crippen LogP contribution in [0.1, 0.15) is 41.3 Å². The lowest BCUT2D eigenvalue weighted by molar-refractivity contribution is -0.119. The van der Waals surface area contributed by atoms with Gasteiger partial charge in [-0.1, -0.05) is 38.1 Å². The van der Waals surface area contributed by atoms with Crippen LogP contribution in [0.15, 0.2) is 36.4 Å². The first-order valence-corrected chi connectivity index (χ1v) is 8.66. The summed E-state index contributed by atoms with van der Waals surface area (Å²) in [5.74, 6) is -0.205. The Bertz CT molecular complexity index is 807. The molecule has 144 valence electrons. The number of para-hydroxylation sites is 1. The van der Waals surface area contributed by atoms with E-state index in [-0.39, 0.29) is 11.5 Å². The number of nitrogens with one attached hydrogen (secondary N) is 1. The zero-order valence-electron chi connectivity index (χ0n) is 16.3. The average molecular weight is 371 g/mol. The van der Waals surface area contributed by atoms with E-state index in [1.165, 1.54) is 14.2 Å². The number of methoxy groups -OCH3 is 2. The summed E-state index contributed by atoms with van der Waals surface area (Å²) in [4.78, 5) is 24.8. The van der Waals surface area contributed by atoms with Crippen LogP contribution in [0.25, 0.3) is 0 Å². The molecule has 2 aromatic carbocycles. The Labute approximate surface area is 159 Å². The van der Waals surface area contributed by atoms with Crippen LogP contribution in [0.4, 0.5) is 5.69 Å². The molecule has 0 bridgehead atoms. The Morgan fingerprint density at radius 3 is 2.15 bits per heavy atom. The summed E-state index contributed by atoms with van der Waals surface area (Å²) in [5.41, 5.74) is 2.88. The number of carbonyl (C=O) groups excluding carboxylic acids is 2. The van der Waals surface area contributed by atoms with E-state index in [9.17, 15) is 9.59 Å². The first-order chi connectivity index (χ1) is 12.9. The van der Waals surface area contributed by atoms with E-state index >= 15 is 0 Å². The molecule has 0 spiro atoms. The monoisotopic (exact) mass is 371 g/mol. The van der Waals surface area contributed by atoms with Crippen molar-refractivity contribution in [2.24, 2.45) is 0 Å². The second-order valence-electron chi connectivity index (χ2n) is 6.36. The predicted molar refractivity (Wildman–Crippen MR) is 104 cm³/mol. The van der Waals surface area contributed by atoms with Crippen LogP contribution in [-0.4, -0.2) is 32.7 Å². The molecular weight excluding hydrogens is 346 g/mol. The van der Waals surface area contributed by atoms with E-state index in [1.807, 2.05) is 25.1 Å². The fraction of sp³-hybridized carbons (Fsp3) is 0.333. The summed E-state index contributed by atoms with van der Waals surface area (Å²) < 4.78 is 15.6. The van der Waals surface area contributed by atoms with Crippen molar-refractivity contribution in [3.8, 4) is 11.5 Å². The second kappa shape index (κ2) is 9.07. The Balaban J connectivity index is 2.10. The summed E-state index contributed by atoms with van der Waals surface area (Å²) in [6.45, 7) is 5.62. The molecule has 1 amide bonds. The number of anilines is 1. The van der Waals surface area contributed by atoms with Gasteiger partial charge >= 0.3 is 5.97 Å². The minimum absolute atomic E-state index is 0.147. The van der Waals surface area contributed by atoms with E-state index in [0.29, 0.717) is 11.5 Å². The molecular formula is C21H25NO5. The maximum atomic E-state index is 12.4. The lowest BCUT2D eigenvalue weighted by atomic mass is 9.98. The lowest BCUT2D eigenvalue weighted by Gasteiger charge is -2.17. The van der Waals surface area contributed by atoms with Crippen molar-refractivity contribution in [1.82, 2.24) is 0 Å². The highest BCUT2D eigenvalue weighted by atomic mass is 16.5. The van der Waals surface area contributed by atoms with Gasteiger partial charge in [0, 0.05) is 5.69 Å². The van der Waals surface area contributed by atoms with Crippen molar-refractivity contribution in [2.45, 2.75) is 26.7 Å². The third kappa shape index (κ3) is 4.78. The molecule has 0 aliphatic heterocycles. The van der Waals surface area contributed by atoms with Gasteiger partial charge in [0.1, 0.15) is 17.1 Å². The lowest BCUT2D eigenvalue weighted by Crippen LogP contribution is -2.22. The molecule has 0 unspecified atom stereocenters. The molecule has 0 atom stereocenters. The van der Waals surface area contributed by atoms with Gasteiger partial charge in [0.25, 0.3) is 5.91 Å². The van der Waals surface area contributed by atoms with Gasteiger partial charge in [-0.25, -0.2) is 4.79 Å². The van der Waals surface area contributed by atoms with Crippen molar-refractivity contribution >= 4 is 17.6 Å². The minimum atomic E-state index is -0.687. The summed E-state index contributed by atoms with van der Waals surface area (Å²) in [5, 5.41) is 2.85. The van der Waals surface area contributed by atoms with Gasteiger partial charge in [-0.2, -0.15) is 0 Å². The number of ether oxygens (including phenoxy) is 3. The van der Waals surface area contributed by atoms with Crippen molar-refractivity contribution in [2.75, 3.05) is 26.1 Å². The Hall–Kier alpha value is -3.02. The Kier molecular flexibility index (Phi) is 6.82. The van der Waals surface area contributed by atoms with Crippen LogP contribution in [-0.2, 0) is 9.53 Å². The highest BCUT2D eigenvalue weighted by Gasteiger charge is 2.21. The highest BCUT2D eigenvalue weighted by Crippen LogP contribution is 2.29. The smallest absolute Gasteiger partial charge is 0.346 e. The molecule has 27 heavy (non-hydrogen) atoms. The van der Waals surface area contributed by atoms with Gasteiger partial charge in [0.2, 0.25) is 0 Å². The van der Waals surface area contributed by atoms with Crippen LogP contribution in [0, 0.1) is 6.92 Å². The number of hydrogen-bond donors (Lipinski definition) is 1. The van der Waals surface area contributed by atoms with Crippen LogP contribution >= 0.6 is 0 Å². The van der Waals surface area contributed by atoms with Gasteiger partial charge in [-0.05, 0) is 36.1 Å². The molecule has 0 saturated carbocycles. The van der Waals surface area contributed by atoms with E-state index in [2.05, 4.69) is 19.2 Å². The molecule has 2 aromatic rings. The van der Waals surface area contributed by atoms with Gasteiger partial charge in [0.05, 0.1) is 14.2 Å². The van der Waals surface area contributed by atoms with Crippen molar-refractivity contribution in [3.63, 3.8) is 0 Å². The molecule has 0 aliphatic carbocycles. The molecule has 6 heteroatoms. The summed E-state index contributed by atoms with van der Waals surface area (Å²) in [6, 6.07) is 10.8. The number of carbonyl (C=O) groups is 2. The maximum Gasteiger partial charge on any atom is 0.346 e. The number of benzene rings is 2. The van der Waals surface area contributed by atoms with Crippen molar-refractivity contribution in [3.05, 3.63) is 53.1 Å².